The van der Waals surface area contributed by atoms with Gasteiger partial charge in [0.25, 0.3) is 0 Å². The summed E-state index contributed by atoms with van der Waals surface area (Å²) in [4.78, 5) is 11.6. The number of anilines is 1. The number of fused-ring (bicyclic) bond motifs is 1. The van der Waals surface area contributed by atoms with Crippen LogP contribution in [0.5, 0.6) is 0 Å². The van der Waals surface area contributed by atoms with Crippen molar-refractivity contribution in [3.63, 3.8) is 0 Å². The van der Waals surface area contributed by atoms with E-state index in [1.807, 2.05) is 17.6 Å². The highest BCUT2D eigenvalue weighted by molar-refractivity contribution is 7.20. The van der Waals surface area contributed by atoms with Gasteiger partial charge in [0.2, 0.25) is 10.1 Å². The topological polar surface area (TPSA) is 73.4 Å². The molecule has 8 nitrogen and oxygen atoms in total. The summed E-state index contributed by atoms with van der Waals surface area (Å²) in [6.45, 7) is 5.03. The standard InChI is InChI=1S/C12H15N7OS/c1-9-4-19-11(15-9)21-12(16-19)17-2-3-20-10(5-17)6-18-8-13-7-14-18/h4,7-8,10H,2-3,5-6H2,1H3/t10-/m1/s1. The molecule has 1 aliphatic rings. The molecular weight excluding hydrogens is 290 g/mol. The Labute approximate surface area is 125 Å². The van der Waals surface area contributed by atoms with E-state index in [9.17, 15) is 0 Å². The van der Waals surface area contributed by atoms with Crippen molar-refractivity contribution in [3.05, 3.63) is 24.5 Å². The van der Waals surface area contributed by atoms with E-state index in [0.717, 1.165) is 28.9 Å². The maximum absolute atomic E-state index is 5.80. The Bertz CT molecular complexity index is 703. The minimum absolute atomic E-state index is 0.0957. The molecule has 3 aromatic heterocycles. The van der Waals surface area contributed by atoms with Gasteiger partial charge in [0.05, 0.1) is 31.1 Å². The minimum atomic E-state index is 0.0957. The van der Waals surface area contributed by atoms with Crippen LogP contribution >= 0.6 is 11.3 Å². The zero-order valence-electron chi connectivity index (χ0n) is 11.6. The SMILES string of the molecule is Cc1cn2nc(N3CCO[C@@H](Cn4cncn4)C3)sc2n1. The van der Waals surface area contributed by atoms with Crippen LogP contribution in [0.4, 0.5) is 5.13 Å². The van der Waals surface area contributed by atoms with E-state index in [2.05, 4.69) is 25.1 Å². The molecule has 0 bridgehead atoms. The van der Waals surface area contributed by atoms with Crippen LogP contribution in [0, 0.1) is 6.92 Å². The molecule has 1 atom stereocenters. The third-order valence-electron chi connectivity index (χ3n) is 3.42. The lowest BCUT2D eigenvalue weighted by atomic mass is 10.3. The van der Waals surface area contributed by atoms with Crippen molar-refractivity contribution in [2.75, 3.05) is 24.6 Å². The molecule has 0 radical (unpaired) electrons. The molecule has 0 spiro atoms. The number of aromatic nitrogens is 6. The fourth-order valence-corrected chi connectivity index (χ4v) is 3.43. The molecule has 9 heteroatoms. The van der Waals surface area contributed by atoms with Crippen molar-refractivity contribution in [2.45, 2.75) is 19.6 Å². The van der Waals surface area contributed by atoms with E-state index in [-0.39, 0.29) is 6.10 Å². The van der Waals surface area contributed by atoms with Crippen LogP contribution in [0.2, 0.25) is 0 Å². The van der Waals surface area contributed by atoms with E-state index in [1.54, 1.807) is 28.7 Å². The first-order valence-corrected chi connectivity index (χ1v) is 7.61. The number of hydrogen-bond donors (Lipinski definition) is 0. The van der Waals surface area contributed by atoms with Crippen molar-refractivity contribution in [1.82, 2.24) is 29.4 Å². The maximum atomic E-state index is 5.80. The molecule has 0 amide bonds. The predicted molar refractivity (Wildman–Crippen MR) is 77.6 cm³/mol. The van der Waals surface area contributed by atoms with Crippen molar-refractivity contribution >= 4 is 21.4 Å². The Balaban J connectivity index is 1.50. The second-order valence-electron chi connectivity index (χ2n) is 5.05. The van der Waals surface area contributed by atoms with Crippen LogP contribution in [0.1, 0.15) is 5.69 Å². The summed E-state index contributed by atoms with van der Waals surface area (Å²) in [6.07, 6.45) is 5.29. The van der Waals surface area contributed by atoms with Gasteiger partial charge in [-0.05, 0) is 6.92 Å². The monoisotopic (exact) mass is 305 g/mol. The Morgan fingerprint density at radius 2 is 2.43 bits per heavy atom. The van der Waals surface area contributed by atoms with Crippen LogP contribution < -0.4 is 4.90 Å². The van der Waals surface area contributed by atoms with Gasteiger partial charge in [0.1, 0.15) is 12.7 Å². The molecule has 0 saturated carbocycles. The molecule has 1 aliphatic heterocycles. The summed E-state index contributed by atoms with van der Waals surface area (Å²) in [5.41, 5.74) is 0.992. The van der Waals surface area contributed by atoms with Crippen LogP contribution in [-0.4, -0.2) is 55.2 Å². The van der Waals surface area contributed by atoms with E-state index >= 15 is 0 Å². The molecule has 0 aliphatic carbocycles. The molecule has 4 heterocycles. The van der Waals surface area contributed by atoms with Gasteiger partial charge in [-0.1, -0.05) is 11.3 Å². The molecule has 21 heavy (non-hydrogen) atoms. The average molecular weight is 305 g/mol. The van der Waals surface area contributed by atoms with E-state index in [4.69, 9.17) is 4.74 Å². The number of hydrogen-bond acceptors (Lipinski definition) is 7. The van der Waals surface area contributed by atoms with Gasteiger partial charge < -0.3 is 9.64 Å². The molecule has 0 unspecified atom stereocenters. The Morgan fingerprint density at radius 1 is 1.48 bits per heavy atom. The number of rotatable bonds is 3. The number of nitrogens with zero attached hydrogens (tertiary/aromatic N) is 7. The normalized spacial score (nSPS) is 19.5. The van der Waals surface area contributed by atoms with Gasteiger partial charge in [0.15, 0.2) is 0 Å². The van der Waals surface area contributed by atoms with Gasteiger partial charge in [-0.3, -0.25) is 4.68 Å². The van der Waals surface area contributed by atoms with Gasteiger partial charge in [0, 0.05) is 13.1 Å². The molecule has 0 N–H and O–H groups in total. The number of ether oxygens (including phenoxy) is 1. The Morgan fingerprint density at radius 3 is 3.24 bits per heavy atom. The van der Waals surface area contributed by atoms with Crippen molar-refractivity contribution in [2.24, 2.45) is 0 Å². The molecular formula is C12H15N7OS. The summed E-state index contributed by atoms with van der Waals surface area (Å²) in [7, 11) is 0. The van der Waals surface area contributed by atoms with Crippen LogP contribution in [0.3, 0.4) is 0 Å². The van der Waals surface area contributed by atoms with Gasteiger partial charge in [-0.15, -0.1) is 5.10 Å². The van der Waals surface area contributed by atoms with Gasteiger partial charge in [-0.25, -0.2) is 14.5 Å². The second kappa shape index (κ2) is 5.08. The molecule has 0 aromatic carbocycles. The van der Waals surface area contributed by atoms with Crippen LogP contribution in [-0.2, 0) is 11.3 Å². The zero-order valence-corrected chi connectivity index (χ0v) is 12.4. The number of morpholine rings is 1. The van der Waals surface area contributed by atoms with Crippen molar-refractivity contribution < 1.29 is 4.74 Å². The average Bonchev–Trinajstić information content (AvgIpc) is 3.15. The highest BCUT2D eigenvalue weighted by Crippen LogP contribution is 2.25. The van der Waals surface area contributed by atoms with Crippen molar-refractivity contribution in [3.8, 4) is 0 Å². The quantitative estimate of drug-likeness (QED) is 0.705. The highest BCUT2D eigenvalue weighted by atomic mass is 32.1. The van der Waals surface area contributed by atoms with Crippen molar-refractivity contribution in [1.29, 1.82) is 0 Å². The number of aryl methyl sites for hydroxylation is 1. The Kier molecular flexibility index (Phi) is 3.08. The summed E-state index contributed by atoms with van der Waals surface area (Å²) < 4.78 is 9.44. The molecule has 4 rings (SSSR count). The lowest BCUT2D eigenvalue weighted by Crippen LogP contribution is -2.44. The highest BCUT2D eigenvalue weighted by Gasteiger charge is 2.24. The van der Waals surface area contributed by atoms with E-state index < -0.39 is 0 Å². The first kappa shape index (κ1) is 12.7. The summed E-state index contributed by atoms with van der Waals surface area (Å²) in [5, 5.41) is 9.71. The first-order chi connectivity index (χ1) is 10.3. The van der Waals surface area contributed by atoms with Gasteiger partial charge in [-0.2, -0.15) is 5.10 Å². The molecule has 1 fully saturated rings. The molecule has 110 valence electrons. The third kappa shape index (κ3) is 2.49. The fourth-order valence-electron chi connectivity index (χ4n) is 2.47. The van der Waals surface area contributed by atoms with Crippen LogP contribution in [0.25, 0.3) is 4.96 Å². The fraction of sp³-hybridized carbons (Fsp3) is 0.500. The van der Waals surface area contributed by atoms with E-state index in [0.29, 0.717) is 13.2 Å². The molecule has 3 aromatic rings. The smallest absolute Gasteiger partial charge is 0.214 e. The molecule has 1 saturated heterocycles. The lowest BCUT2D eigenvalue weighted by Gasteiger charge is -2.32. The van der Waals surface area contributed by atoms with Crippen LogP contribution in [0.15, 0.2) is 18.9 Å². The largest absolute Gasteiger partial charge is 0.373 e. The Hall–Kier alpha value is -2.00. The zero-order chi connectivity index (χ0) is 14.2. The first-order valence-electron chi connectivity index (χ1n) is 6.80. The maximum Gasteiger partial charge on any atom is 0.214 e. The summed E-state index contributed by atoms with van der Waals surface area (Å²) in [5.74, 6) is 0. The summed E-state index contributed by atoms with van der Waals surface area (Å²) >= 11 is 1.61. The minimum Gasteiger partial charge on any atom is -0.373 e. The van der Waals surface area contributed by atoms with Gasteiger partial charge >= 0.3 is 0 Å². The van der Waals surface area contributed by atoms with E-state index in [1.165, 1.54) is 0 Å². The summed E-state index contributed by atoms with van der Waals surface area (Å²) in [6, 6.07) is 0. The second-order valence-corrected chi connectivity index (χ2v) is 5.98. The predicted octanol–water partition coefficient (Wildman–Crippen LogP) is 0.596. The third-order valence-corrected chi connectivity index (χ3v) is 4.40. The lowest BCUT2D eigenvalue weighted by molar-refractivity contribution is 0.0273. The number of imidazole rings is 1.